The molecule has 0 saturated heterocycles. The molecule has 2 aliphatic rings. The first-order chi connectivity index (χ1) is 10.1. The van der Waals surface area contributed by atoms with E-state index in [1.165, 1.54) is 0 Å². The van der Waals surface area contributed by atoms with E-state index in [-0.39, 0.29) is 34.4 Å². The maximum atomic E-state index is 12.9. The second-order valence-corrected chi connectivity index (χ2v) is 8.08. The van der Waals surface area contributed by atoms with E-state index in [1.54, 1.807) is 0 Å². The van der Waals surface area contributed by atoms with Gasteiger partial charge in [-0.05, 0) is 49.0 Å². The van der Waals surface area contributed by atoms with Gasteiger partial charge in [0.2, 0.25) is 0 Å². The van der Waals surface area contributed by atoms with Gasteiger partial charge >= 0.3 is 5.97 Å². The normalized spacial score (nSPS) is 32.8. The highest BCUT2D eigenvalue weighted by Gasteiger charge is 2.63. The zero-order chi connectivity index (χ0) is 16.7. The van der Waals surface area contributed by atoms with E-state index in [0.717, 1.165) is 24.8 Å². The molecule has 0 aromatic carbocycles. The number of Topliss-reactive ketones (excluding diaryl/α,β-unsaturated/α-hetero) is 1. The number of allylic oxidation sites excluding steroid dienone is 1. The fraction of sp³-hybridized carbons (Fsp3) is 0.789. The van der Waals surface area contributed by atoms with Gasteiger partial charge in [0.15, 0.2) is 5.78 Å². The van der Waals surface area contributed by atoms with Crippen molar-refractivity contribution in [1.82, 2.24) is 0 Å². The van der Waals surface area contributed by atoms with Crippen molar-refractivity contribution in [3.05, 3.63) is 11.6 Å². The molecule has 2 bridgehead atoms. The number of hydrogen-bond acceptors (Lipinski definition) is 3. The smallest absolute Gasteiger partial charge is 0.312 e. The van der Waals surface area contributed by atoms with E-state index in [9.17, 15) is 9.59 Å². The van der Waals surface area contributed by atoms with Crippen LogP contribution in [0.4, 0.5) is 0 Å². The Balaban J connectivity index is 2.33. The maximum Gasteiger partial charge on any atom is 0.312 e. The largest absolute Gasteiger partial charge is 0.466 e. The van der Waals surface area contributed by atoms with Crippen LogP contribution in [0, 0.1) is 28.6 Å². The van der Waals surface area contributed by atoms with Crippen LogP contribution in [-0.2, 0) is 14.3 Å². The predicted molar refractivity (Wildman–Crippen MR) is 87.3 cm³/mol. The zero-order valence-corrected chi connectivity index (χ0v) is 14.9. The third-order valence-corrected chi connectivity index (χ3v) is 6.06. The lowest BCUT2D eigenvalue weighted by atomic mass is 9.70. The molecule has 0 radical (unpaired) electrons. The van der Waals surface area contributed by atoms with Gasteiger partial charge in [0, 0.05) is 5.41 Å². The molecule has 3 nitrogen and oxygen atoms in total. The number of esters is 1. The van der Waals surface area contributed by atoms with Gasteiger partial charge in [0.25, 0.3) is 0 Å². The Labute approximate surface area is 134 Å². The minimum absolute atomic E-state index is 0.00699. The van der Waals surface area contributed by atoms with E-state index in [1.807, 2.05) is 13.0 Å². The summed E-state index contributed by atoms with van der Waals surface area (Å²) in [5.41, 5.74) is 0.616. The molecule has 0 aromatic heterocycles. The SMILES string of the molecule is CCOC(=O)[C@H](/C=C1/C(=O)[C@]2(C)CC[C@@H]1C2(C)C)CC(C)C. The summed E-state index contributed by atoms with van der Waals surface area (Å²) in [5, 5.41) is 0. The van der Waals surface area contributed by atoms with Crippen LogP contribution in [0.5, 0.6) is 0 Å². The Morgan fingerprint density at radius 1 is 1.36 bits per heavy atom. The molecule has 2 aliphatic carbocycles. The summed E-state index contributed by atoms with van der Waals surface area (Å²) in [7, 11) is 0. The molecular weight excluding hydrogens is 276 g/mol. The fourth-order valence-electron chi connectivity index (χ4n) is 4.33. The van der Waals surface area contributed by atoms with Crippen molar-refractivity contribution in [3.63, 3.8) is 0 Å². The molecule has 22 heavy (non-hydrogen) atoms. The Bertz CT molecular complexity index is 501. The van der Waals surface area contributed by atoms with Gasteiger partial charge in [0.1, 0.15) is 0 Å². The number of ether oxygens (including phenoxy) is 1. The average Bonchev–Trinajstić information content (AvgIpc) is 2.72. The molecule has 0 spiro atoms. The summed E-state index contributed by atoms with van der Waals surface area (Å²) in [6.07, 6.45) is 4.70. The standard InChI is InChI=1S/C19H30O3/c1-7-22-17(21)13(10-12(2)3)11-14-15-8-9-19(6,16(14)20)18(15,4)5/h11-13,15H,7-10H2,1-6H3/b14-11+/t13-,15-,19-/m0/s1. The molecule has 0 aliphatic heterocycles. The number of ketones is 1. The van der Waals surface area contributed by atoms with E-state index in [4.69, 9.17) is 4.74 Å². The highest BCUT2D eigenvalue weighted by molar-refractivity contribution is 6.05. The second-order valence-electron chi connectivity index (χ2n) is 8.08. The van der Waals surface area contributed by atoms with Crippen LogP contribution in [0.25, 0.3) is 0 Å². The Kier molecular flexibility index (Phi) is 4.56. The lowest BCUT2D eigenvalue weighted by Crippen LogP contribution is -2.32. The summed E-state index contributed by atoms with van der Waals surface area (Å²) >= 11 is 0. The van der Waals surface area contributed by atoms with Gasteiger partial charge in [-0.3, -0.25) is 9.59 Å². The van der Waals surface area contributed by atoms with Crippen LogP contribution in [-0.4, -0.2) is 18.4 Å². The molecule has 0 aromatic rings. The van der Waals surface area contributed by atoms with E-state index in [0.29, 0.717) is 12.5 Å². The Morgan fingerprint density at radius 3 is 2.45 bits per heavy atom. The summed E-state index contributed by atoms with van der Waals surface area (Å²) < 4.78 is 5.21. The number of carbonyl (C=O) groups is 2. The number of hydrogen-bond donors (Lipinski definition) is 0. The summed E-state index contributed by atoms with van der Waals surface area (Å²) in [6.45, 7) is 12.9. The highest BCUT2D eigenvalue weighted by atomic mass is 16.5. The lowest BCUT2D eigenvalue weighted by Gasteiger charge is -2.31. The molecule has 2 fully saturated rings. The monoisotopic (exact) mass is 306 g/mol. The van der Waals surface area contributed by atoms with Crippen LogP contribution < -0.4 is 0 Å². The molecule has 124 valence electrons. The van der Waals surface area contributed by atoms with Crippen LogP contribution in [0.1, 0.15) is 60.8 Å². The number of fused-ring (bicyclic) bond motifs is 2. The summed E-state index contributed by atoms with van der Waals surface area (Å²) in [5.74, 6) is 0.448. The summed E-state index contributed by atoms with van der Waals surface area (Å²) in [4.78, 5) is 25.1. The first-order valence-corrected chi connectivity index (χ1v) is 8.58. The van der Waals surface area contributed by atoms with Crippen molar-refractivity contribution in [3.8, 4) is 0 Å². The van der Waals surface area contributed by atoms with Crippen LogP contribution >= 0.6 is 0 Å². The zero-order valence-electron chi connectivity index (χ0n) is 14.9. The van der Waals surface area contributed by atoms with Crippen LogP contribution in [0.2, 0.25) is 0 Å². The van der Waals surface area contributed by atoms with Crippen molar-refractivity contribution < 1.29 is 14.3 Å². The molecule has 0 heterocycles. The van der Waals surface area contributed by atoms with E-state index in [2.05, 4.69) is 34.6 Å². The number of rotatable bonds is 5. The molecule has 0 unspecified atom stereocenters. The van der Waals surface area contributed by atoms with Gasteiger partial charge < -0.3 is 4.74 Å². The van der Waals surface area contributed by atoms with E-state index >= 15 is 0 Å². The van der Waals surface area contributed by atoms with Gasteiger partial charge in [0.05, 0.1) is 12.5 Å². The minimum Gasteiger partial charge on any atom is -0.466 e. The maximum absolute atomic E-state index is 12.9. The first kappa shape index (κ1) is 17.2. The molecule has 2 saturated carbocycles. The van der Waals surface area contributed by atoms with Crippen molar-refractivity contribution >= 4 is 11.8 Å². The second kappa shape index (κ2) is 5.82. The van der Waals surface area contributed by atoms with Gasteiger partial charge in [-0.25, -0.2) is 0 Å². The predicted octanol–water partition coefficient (Wildman–Crippen LogP) is 4.16. The fourth-order valence-corrected chi connectivity index (χ4v) is 4.33. The van der Waals surface area contributed by atoms with Crippen molar-refractivity contribution in [1.29, 1.82) is 0 Å². The third kappa shape index (κ3) is 2.53. The molecule has 3 heteroatoms. The molecule has 0 amide bonds. The van der Waals surface area contributed by atoms with Gasteiger partial charge in [-0.15, -0.1) is 0 Å². The van der Waals surface area contributed by atoms with Crippen molar-refractivity contribution in [2.75, 3.05) is 6.61 Å². The quantitative estimate of drug-likeness (QED) is 0.566. The lowest BCUT2D eigenvalue weighted by molar-refractivity contribution is -0.146. The van der Waals surface area contributed by atoms with Crippen LogP contribution in [0.3, 0.4) is 0 Å². The van der Waals surface area contributed by atoms with Crippen molar-refractivity contribution in [2.24, 2.45) is 28.6 Å². The highest BCUT2D eigenvalue weighted by Crippen LogP contribution is 2.65. The molecule has 3 atom stereocenters. The third-order valence-electron chi connectivity index (χ3n) is 6.06. The first-order valence-electron chi connectivity index (χ1n) is 8.58. The Morgan fingerprint density at radius 2 is 2.00 bits per heavy atom. The van der Waals surface area contributed by atoms with Crippen LogP contribution in [0.15, 0.2) is 11.6 Å². The minimum atomic E-state index is -0.294. The van der Waals surface area contributed by atoms with Gasteiger partial charge in [-0.1, -0.05) is 40.7 Å². The average molecular weight is 306 g/mol. The van der Waals surface area contributed by atoms with Gasteiger partial charge in [-0.2, -0.15) is 0 Å². The molecule has 2 rings (SSSR count). The van der Waals surface area contributed by atoms with E-state index < -0.39 is 0 Å². The molecule has 0 N–H and O–H groups in total. The number of carbonyl (C=O) groups excluding carboxylic acids is 2. The molecular formula is C19H30O3. The van der Waals surface area contributed by atoms with Crippen molar-refractivity contribution in [2.45, 2.75) is 60.8 Å². The topological polar surface area (TPSA) is 43.4 Å². The summed E-state index contributed by atoms with van der Waals surface area (Å²) in [6, 6.07) is 0. The Hall–Kier alpha value is -1.12.